The van der Waals surface area contributed by atoms with Crippen molar-refractivity contribution in [2.24, 2.45) is 11.1 Å². The van der Waals surface area contributed by atoms with Crippen LogP contribution in [0.1, 0.15) is 26.3 Å². The molecule has 114 valence electrons. The van der Waals surface area contributed by atoms with Crippen molar-refractivity contribution in [3.05, 3.63) is 22.7 Å². The van der Waals surface area contributed by atoms with Crippen molar-refractivity contribution in [1.82, 2.24) is 4.90 Å². The number of methoxy groups -OCH3 is 1. The van der Waals surface area contributed by atoms with Gasteiger partial charge < -0.3 is 15.6 Å². The van der Waals surface area contributed by atoms with Gasteiger partial charge in [0.05, 0.1) is 7.11 Å². The second kappa shape index (κ2) is 7.16. The molecule has 0 radical (unpaired) electrons. The van der Waals surface area contributed by atoms with Gasteiger partial charge in [-0.3, -0.25) is 4.90 Å². The normalized spacial score (nSPS) is 11.9. The predicted molar refractivity (Wildman–Crippen MR) is 83.5 cm³/mol. The molecular weight excluding hydrogens is 276 g/mol. The standard InChI is InChI=1S/C15H25ClN2O2/c1-5-18(10-15(2,3)9-17)8-11-6-12(16)7-13(20-4)14(11)19/h6-7,19H,5,8-10,17H2,1-4H3. The second-order valence-corrected chi connectivity index (χ2v) is 6.22. The highest BCUT2D eigenvalue weighted by atomic mass is 35.5. The molecule has 0 heterocycles. The van der Waals surface area contributed by atoms with Crippen LogP contribution in [0.3, 0.4) is 0 Å². The molecule has 4 nitrogen and oxygen atoms in total. The third-order valence-corrected chi connectivity index (χ3v) is 3.60. The molecular formula is C15H25ClN2O2. The van der Waals surface area contributed by atoms with Crippen molar-refractivity contribution in [3.63, 3.8) is 0 Å². The summed E-state index contributed by atoms with van der Waals surface area (Å²) in [4.78, 5) is 2.23. The lowest BCUT2D eigenvalue weighted by Gasteiger charge is -2.31. The Bertz CT molecular complexity index is 450. The average molecular weight is 301 g/mol. The number of rotatable bonds is 7. The summed E-state index contributed by atoms with van der Waals surface area (Å²) < 4.78 is 5.13. The van der Waals surface area contributed by atoms with Crippen LogP contribution in [0.15, 0.2) is 12.1 Å². The van der Waals surface area contributed by atoms with Gasteiger partial charge in [0, 0.05) is 29.7 Å². The molecule has 0 unspecified atom stereocenters. The van der Waals surface area contributed by atoms with Gasteiger partial charge in [-0.25, -0.2) is 0 Å². The summed E-state index contributed by atoms with van der Waals surface area (Å²) >= 11 is 6.06. The fourth-order valence-electron chi connectivity index (χ4n) is 2.09. The largest absolute Gasteiger partial charge is 0.504 e. The lowest BCUT2D eigenvalue weighted by Crippen LogP contribution is -2.38. The topological polar surface area (TPSA) is 58.7 Å². The fourth-order valence-corrected chi connectivity index (χ4v) is 2.33. The number of halogens is 1. The van der Waals surface area contributed by atoms with E-state index >= 15 is 0 Å². The Morgan fingerprint density at radius 2 is 2.05 bits per heavy atom. The van der Waals surface area contributed by atoms with Gasteiger partial charge in [0.2, 0.25) is 0 Å². The minimum Gasteiger partial charge on any atom is -0.504 e. The fraction of sp³-hybridized carbons (Fsp3) is 0.600. The minimum absolute atomic E-state index is 0.0360. The summed E-state index contributed by atoms with van der Waals surface area (Å²) in [6.45, 7) is 9.32. The number of ether oxygens (including phenoxy) is 1. The first-order chi connectivity index (χ1) is 9.32. The Morgan fingerprint density at radius 3 is 2.55 bits per heavy atom. The molecule has 0 bridgehead atoms. The molecule has 0 aliphatic rings. The van der Waals surface area contributed by atoms with Crippen molar-refractivity contribution in [2.45, 2.75) is 27.3 Å². The first-order valence-corrected chi connectivity index (χ1v) is 7.18. The van der Waals surface area contributed by atoms with E-state index in [0.29, 0.717) is 23.9 Å². The van der Waals surface area contributed by atoms with E-state index in [1.165, 1.54) is 7.11 Å². The van der Waals surface area contributed by atoms with Crippen LogP contribution >= 0.6 is 11.6 Å². The van der Waals surface area contributed by atoms with E-state index in [1.807, 2.05) is 0 Å². The smallest absolute Gasteiger partial charge is 0.162 e. The Morgan fingerprint density at radius 1 is 1.40 bits per heavy atom. The maximum absolute atomic E-state index is 10.2. The zero-order valence-corrected chi connectivity index (χ0v) is 13.5. The summed E-state index contributed by atoms with van der Waals surface area (Å²) in [6.07, 6.45) is 0. The van der Waals surface area contributed by atoms with Crippen LogP contribution in [-0.2, 0) is 6.54 Å². The number of hydrogen-bond donors (Lipinski definition) is 2. The molecule has 0 aliphatic carbocycles. The quantitative estimate of drug-likeness (QED) is 0.813. The SMILES string of the molecule is CCN(Cc1cc(Cl)cc(OC)c1O)CC(C)(C)CN. The molecule has 0 aromatic heterocycles. The van der Waals surface area contributed by atoms with Gasteiger partial charge in [-0.05, 0) is 24.6 Å². The molecule has 0 saturated carbocycles. The van der Waals surface area contributed by atoms with E-state index in [4.69, 9.17) is 22.1 Å². The van der Waals surface area contributed by atoms with Crippen molar-refractivity contribution < 1.29 is 9.84 Å². The molecule has 3 N–H and O–H groups in total. The predicted octanol–water partition coefficient (Wildman–Crippen LogP) is 2.86. The van der Waals surface area contributed by atoms with E-state index in [1.54, 1.807) is 12.1 Å². The van der Waals surface area contributed by atoms with Crippen LogP contribution in [0.25, 0.3) is 0 Å². The zero-order chi connectivity index (χ0) is 15.3. The number of nitrogens with zero attached hydrogens (tertiary/aromatic N) is 1. The molecule has 1 aromatic rings. The minimum atomic E-state index is 0.0360. The molecule has 0 fully saturated rings. The number of nitrogens with two attached hydrogens (primary N) is 1. The first-order valence-electron chi connectivity index (χ1n) is 6.80. The summed E-state index contributed by atoms with van der Waals surface area (Å²) in [5, 5.41) is 10.7. The molecule has 5 heteroatoms. The third kappa shape index (κ3) is 4.54. The van der Waals surface area contributed by atoms with E-state index < -0.39 is 0 Å². The highest BCUT2D eigenvalue weighted by Crippen LogP contribution is 2.34. The summed E-state index contributed by atoms with van der Waals surface area (Å²) in [5.41, 5.74) is 6.59. The van der Waals surface area contributed by atoms with Crippen LogP contribution in [0.5, 0.6) is 11.5 Å². The summed E-state index contributed by atoms with van der Waals surface area (Å²) in [6, 6.07) is 3.39. The van der Waals surface area contributed by atoms with E-state index in [-0.39, 0.29) is 11.2 Å². The maximum atomic E-state index is 10.2. The van der Waals surface area contributed by atoms with Gasteiger partial charge >= 0.3 is 0 Å². The lowest BCUT2D eigenvalue weighted by molar-refractivity contribution is 0.181. The highest BCUT2D eigenvalue weighted by Gasteiger charge is 2.21. The number of aromatic hydroxyl groups is 1. The molecule has 20 heavy (non-hydrogen) atoms. The van der Waals surface area contributed by atoms with Crippen molar-refractivity contribution in [1.29, 1.82) is 0 Å². The van der Waals surface area contributed by atoms with Gasteiger partial charge in [0.15, 0.2) is 11.5 Å². The zero-order valence-electron chi connectivity index (χ0n) is 12.7. The molecule has 0 atom stereocenters. The van der Waals surface area contributed by atoms with Gasteiger partial charge in [-0.15, -0.1) is 0 Å². The van der Waals surface area contributed by atoms with Gasteiger partial charge in [-0.1, -0.05) is 32.4 Å². The first kappa shape index (κ1) is 17.1. The van der Waals surface area contributed by atoms with Crippen LogP contribution in [0, 0.1) is 5.41 Å². The number of phenolic OH excluding ortho intramolecular Hbond substituents is 1. The van der Waals surface area contributed by atoms with Gasteiger partial charge in [0.25, 0.3) is 0 Å². The Hall–Kier alpha value is -0.970. The molecule has 0 saturated heterocycles. The van der Waals surface area contributed by atoms with Crippen LogP contribution in [-0.4, -0.2) is 36.8 Å². The average Bonchev–Trinajstić information content (AvgIpc) is 2.41. The molecule has 0 aliphatic heterocycles. The number of phenols is 1. The maximum Gasteiger partial charge on any atom is 0.162 e. The van der Waals surface area contributed by atoms with E-state index in [0.717, 1.165) is 18.7 Å². The van der Waals surface area contributed by atoms with Crippen LogP contribution in [0.4, 0.5) is 0 Å². The van der Waals surface area contributed by atoms with E-state index in [2.05, 4.69) is 25.7 Å². The van der Waals surface area contributed by atoms with E-state index in [9.17, 15) is 5.11 Å². The Kier molecular flexibility index (Phi) is 6.11. The number of benzene rings is 1. The van der Waals surface area contributed by atoms with Crippen LogP contribution in [0.2, 0.25) is 5.02 Å². The third-order valence-electron chi connectivity index (χ3n) is 3.38. The monoisotopic (exact) mass is 300 g/mol. The van der Waals surface area contributed by atoms with Gasteiger partial charge in [-0.2, -0.15) is 0 Å². The summed E-state index contributed by atoms with van der Waals surface area (Å²) in [5.74, 6) is 0.558. The van der Waals surface area contributed by atoms with Crippen molar-refractivity contribution >= 4 is 11.6 Å². The number of hydrogen-bond acceptors (Lipinski definition) is 4. The second-order valence-electron chi connectivity index (χ2n) is 5.79. The van der Waals surface area contributed by atoms with Gasteiger partial charge in [0.1, 0.15) is 0 Å². The summed E-state index contributed by atoms with van der Waals surface area (Å²) in [7, 11) is 1.52. The molecule has 0 spiro atoms. The van der Waals surface area contributed by atoms with Crippen molar-refractivity contribution in [3.8, 4) is 11.5 Å². The van der Waals surface area contributed by atoms with Crippen molar-refractivity contribution in [2.75, 3.05) is 26.7 Å². The highest BCUT2D eigenvalue weighted by molar-refractivity contribution is 6.30. The lowest BCUT2D eigenvalue weighted by atomic mass is 9.93. The molecule has 1 aromatic carbocycles. The van der Waals surface area contributed by atoms with Crippen LogP contribution < -0.4 is 10.5 Å². The Balaban J connectivity index is 2.93. The molecule has 1 rings (SSSR count). The Labute approximate surface area is 126 Å². The molecule has 0 amide bonds.